The topological polar surface area (TPSA) is 79.8 Å². The van der Waals surface area contributed by atoms with E-state index in [2.05, 4.69) is 61.8 Å². The molecule has 1 saturated heterocycles. The third-order valence-corrected chi connectivity index (χ3v) is 6.61. The number of aliphatic hydroxyl groups excluding tert-OH is 1. The predicted octanol–water partition coefficient (Wildman–Crippen LogP) is 4.73. The van der Waals surface area contributed by atoms with Gasteiger partial charge in [-0.25, -0.2) is 0 Å². The number of likely N-dealkylation sites (N-methyl/N-ethyl adjacent to an activating group) is 1. The predicted molar refractivity (Wildman–Crippen MR) is 143 cm³/mol. The highest BCUT2D eigenvalue weighted by molar-refractivity contribution is 5.87. The van der Waals surface area contributed by atoms with Gasteiger partial charge < -0.3 is 25.2 Å². The first-order chi connectivity index (χ1) is 16.8. The van der Waals surface area contributed by atoms with Gasteiger partial charge in [0.25, 0.3) is 0 Å². The van der Waals surface area contributed by atoms with E-state index >= 15 is 0 Å². The number of aliphatic hydroxyl groups is 1. The van der Waals surface area contributed by atoms with Gasteiger partial charge in [-0.05, 0) is 59.9 Å². The quantitative estimate of drug-likeness (QED) is 0.503. The van der Waals surface area contributed by atoms with Crippen molar-refractivity contribution in [1.82, 2.24) is 10.6 Å². The van der Waals surface area contributed by atoms with Gasteiger partial charge in [-0.1, -0.05) is 60.6 Å². The van der Waals surface area contributed by atoms with Crippen LogP contribution in [0.25, 0.3) is 0 Å². The first-order valence-electron chi connectivity index (χ1n) is 13.1. The van der Waals surface area contributed by atoms with E-state index in [4.69, 9.17) is 9.47 Å². The number of carbonyl (C=O) groups is 1. The van der Waals surface area contributed by atoms with Crippen LogP contribution in [0.5, 0.6) is 0 Å². The molecule has 4 unspecified atom stereocenters. The molecule has 0 aromatic heterocycles. The molecule has 6 atom stereocenters. The first kappa shape index (κ1) is 29.2. The average Bonchev–Trinajstić information content (AvgIpc) is 2.80. The Morgan fingerprint density at radius 3 is 2.69 bits per heavy atom. The maximum absolute atomic E-state index is 12.0. The summed E-state index contributed by atoms with van der Waals surface area (Å²) in [4.78, 5) is 12.0. The van der Waals surface area contributed by atoms with E-state index in [1.807, 2.05) is 20.0 Å². The molecule has 6 nitrogen and oxygen atoms in total. The van der Waals surface area contributed by atoms with Crippen LogP contribution >= 0.6 is 0 Å². The summed E-state index contributed by atoms with van der Waals surface area (Å²) in [6.45, 7) is 9.07. The monoisotopic (exact) mass is 486 g/mol. The molecule has 1 amide bonds. The Bertz CT molecular complexity index is 787. The molecule has 3 N–H and O–H groups in total. The van der Waals surface area contributed by atoms with E-state index < -0.39 is 12.4 Å². The number of carbonyl (C=O) groups excluding carboxylic acids is 1. The summed E-state index contributed by atoms with van der Waals surface area (Å²) in [5, 5.41) is 16.6. The normalized spacial score (nSPS) is 38.2. The van der Waals surface area contributed by atoms with E-state index in [0.717, 1.165) is 32.1 Å². The molecule has 0 aromatic rings. The maximum Gasteiger partial charge on any atom is 0.243 e. The van der Waals surface area contributed by atoms with Gasteiger partial charge in [0.1, 0.15) is 0 Å². The first-order valence-corrected chi connectivity index (χ1v) is 13.1. The third kappa shape index (κ3) is 11.1. The zero-order valence-electron chi connectivity index (χ0n) is 22.2. The second-order valence-electron chi connectivity index (χ2n) is 9.86. The maximum atomic E-state index is 12.0. The minimum atomic E-state index is -0.522. The minimum absolute atomic E-state index is 0.0742. The van der Waals surface area contributed by atoms with Crippen molar-refractivity contribution in [3.8, 4) is 0 Å². The van der Waals surface area contributed by atoms with Crippen molar-refractivity contribution in [1.29, 1.82) is 0 Å². The molecule has 0 radical (unpaired) electrons. The van der Waals surface area contributed by atoms with Gasteiger partial charge in [0.15, 0.2) is 6.29 Å². The fourth-order valence-electron chi connectivity index (χ4n) is 4.52. The summed E-state index contributed by atoms with van der Waals surface area (Å²) < 4.78 is 12.5. The number of amides is 1. The van der Waals surface area contributed by atoms with Crippen LogP contribution in [-0.4, -0.2) is 55.2 Å². The van der Waals surface area contributed by atoms with Crippen LogP contribution in [0.2, 0.25) is 0 Å². The van der Waals surface area contributed by atoms with Crippen molar-refractivity contribution in [2.75, 3.05) is 13.6 Å². The molecule has 35 heavy (non-hydrogen) atoms. The van der Waals surface area contributed by atoms with E-state index in [1.165, 1.54) is 11.1 Å². The Hall–Kier alpha value is -1.99. The summed E-state index contributed by atoms with van der Waals surface area (Å²) >= 11 is 0. The molecule has 0 spiro atoms. The number of rotatable bonds is 3. The number of allylic oxidation sites excluding steroid dienone is 7. The number of hydrogen-bond donors (Lipinski definition) is 3. The molecule has 6 heteroatoms. The van der Waals surface area contributed by atoms with E-state index in [0.29, 0.717) is 13.0 Å². The lowest BCUT2D eigenvalue weighted by molar-refractivity contribution is -0.241. The lowest BCUT2D eigenvalue weighted by Gasteiger charge is -2.39. The molecule has 0 saturated carbocycles. The Labute approximate surface area is 212 Å². The smallest absolute Gasteiger partial charge is 0.243 e. The average molecular weight is 487 g/mol. The number of ether oxygens (including phenoxy) is 2. The second-order valence-corrected chi connectivity index (χ2v) is 9.86. The Balaban J connectivity index is 2.16. The largest absolute Gasteiger partial charge is 0.391 e. The van der Waals surface area contributed by atoms with Crippen molar-refractivity contribution in [2.45, 2.75) is 96.9 Å². The molecule has 0 aromatic carbocycles. The van der Waals surface area contributed by atoms with Crippen LogP contribution in [0, 0.1) is 5.92 Å². The lowest BCUT2D eigenvalue weighted by Crippen LogP contribution is -2.54. The van der Waals surface area contributed by atoms with E-state index in [1.54, 1.807) is 12.2 Å². The highest BCUT2D eigenvalue weighted by Gasteiger charge is 2.36. The highest BCUT2D eigenvalue weighted by Crippen LogP contribution is 2.26. The van der Waals surface area contributed by atoms with Crippen molar-refractivity contribution in [3.05, 3.63) is 59.8 Å². The highest BCUT2D eigenvalue weighted by atomic mass is 16.7. The second kappa shape index (κ2) is 15.9. The van der Waals surface area contributed by atoms with Gasteiger partial charge in [-0.3, -0.25) is 4.79 Å². The number of hydrogen-bond acceptors (Lipinski definition) is 5. The number of nitrogens with one attached hydrogen (secondary N) is 2. The van der Waals surface area contributed by atoms with Crippen LogP contribution in [0.4, 0.5) is 0 Å². The van der Waals surface area contributed by atoms with Crippen LogP contribution in [-0.2, 0) is 14.3 Å². The standard InChI is InChI=1S/C29H46N2O4/c1-21-13-9-7-6-8-12-18-31-27(33)15-11-10-14-23(3)26(17-16-22(2)19-21)35-28-20-25(32)29(30-5)24(4)34-28/h7,9-11,13-16,23-26,28-30,32H,6,8,12,17-20H2,1-5H3,(H,31,33)/b9-7-,14-10-,15-11-,21-13-,22-16-/t23-,24?,25?,26-,28?,29?/m0/s1. The molecule has 0 bridgehead atoms. The molecule has 0 aliphatic carbocycles. The zero-order valence-corrected chi connectivity index (χ0v) is 22.2. The van der Waals surface area contributed by atoms with E-state index in [-0.39, 0.29) is 30.1 Å². The summed E-state index contributed by atoms with van der Waals surface area (Å²) in [6, 6.07) is -0.104. The SMILES string of the molecule is CNC1C(O)CC(O[C@H]2C/C=C(/C)C/C(C)=C\C=C/CCCCNC(=O)/C=C\C=C/[C@@H]2C)OC1C. The van der Waals surface area contributed by atoms with Crippen molar-refractivity contribution >= 4 is 5.91 Å². The van der Waals surface area contributed by atoms with Gasteiger partial charge in [0.05, 0.1) is 24.4 Å². The fourth-order valence-corrected chi connectivity index (χ4v) is 4.52. The summed E-state index contributed by atoms with van der Waals surface area (Å²) in [5.41, 5.74) is 2.62. The van der Waals surface area contributed by atoms with Crippen molar-refractivity contribution in [3.63, 3.8) is 0 Å². The summed E-state index contributed by atoms with van der Waals surface area (Å²) in [5.74, 6) is 0.0184. The third-order valence-electron chi connectivity index (χ3n) is 6.61. The molecule has 2 aliphatic heterocycles. The molecule has 196 valence electrons. The van der Waals surface area contributed by atoms with Crippen molar-refractivity contribution < 1.29 is 19.4 Å². The van der Waals surface area contributed by atoms with Gasteiger partial charge in [0, 0.05) is 25.0 Å². The Kier molecular flexibility index (Phi) is 13.3. The van der Waals surface area contributed by atoms with E-state index in [9.17, 15) is 9.90 Å². The minimum Gasteiger partial charge on any atom is -0.391 e. The molecular formula is C29H46N2O4. The Morgan fingerprint density at radius 2 is 1.94 bits per heavy atom. The Morgan fingerprint density at radius 1 is 1.14 bits per heavy atom. The lowest BCUT2D eigenvalue weighted by atomic mass is 9.97. The zero-order chi connectivity index (χ0) is 25.6. The molecule has 2 aliphatic rings. The van der Waals surface area contributed by atoms with Gasteiger partial charge in [0.2, 0.25) is 5.91 Å². The molecule has 2 rings (SSSR count). The summed E-state index contributed by atoms with van der Waals surface area (Å²) in [7, 11) is 1.84. The molecule has 1 fully saturated rings. The molecule has 2 heterocycles. The van der Waals surface area contributed by atoms with Crippen molar-refractivity contribution in [2.24, 2.45) is 5.92 Å². The van der Waals surface area contributed by atoms with Gasteiger partial charge in [-0.2, -0.15) is 0 Å². The summed E-state index contributed by atoms with van der Waals surface area (Å²) in [6.07, 6.45) is 19.9. The van der Waals surface area contributed by atoms with Gasteiger partial charge in [-0.15, -0.1) is 0 Å². The molecular weight excluding hydrogens is 440 g/mol. The van der Waals surface area contributed by atoms with Crippen LogP contribution in [0.15, 0.2) is 59.8 Å². The van der Waals surface area contributed by atoms with Gasteiger partial charge >= 0.3 is 0 Å². The van der Waals surface area contributed by atoms with Crippen LogP contribution in [0.1, 0.15) is 66.2 Å². The van der Waals surface area contributed by atoms with Crippen LogP contribution < -0.4 is 10.6 Å². The van der Waals surface area contributed by atoms with Crippen LogP contribution in [0.3, 0.4) is 0 Å². The fraction of sp³-hybridized carbons (Fsp3) is 0.621.